The van der Waals surface area contributed by atoms with Crippen LogP contribution in [0.1, 0.15) is 20.3 Å². The Morgan fingerprint density at radius 1 is 1.21 bits per heavy atom. The molecule has 2 aromatic rings. The highest BCUT2D eigenvalue weighted by atomic mass is 35.5. The lowest BCUT2D eigenvalue weighted by Gasteiger charge is -2.12. The van der Waals surface area contributed by atoms with Gasteiger partial charge in [-0.05, 0) is 37.6 Å². The second kappa shape index (κ2) is 6.99. The van der Waals surface area contributed by atoms with Crippen molar-refractivity contribution in [1.82, 2.24) is 4.98 Å². The molecule has 0 aliphatic rings. The van der Waals surface area contributed by atoms with Gasteiger partial charge in [0.25, 0.3) is 0 Å². The van der Waals surface area contributed by atoms with Crippen LogP contribution in [0, 0.1) is 0 Å². The fourth-order valence-corrected chi connectivity index (χ4v) is 5.52. The van der Waals surface area contributed by atoms with Crippen LogP contribution in [0.4, 0.5) is 5.00 Å². The molecule has 0 bridgehead atoms. The van der Waals surface area contributed by atoms with Crippen molar-refractivity contribution in [2.45, 2.75) is 40.6 Å². The van der Waals surface area contributed by atoms with Crippen molar-refractivity contribution in [3.63, 3.8) is 0 Å². The smallest absolute Gasteiger partial charge is 0.226 e. The molecule has 6 nitrogen and oxygen atoms in total. The second-order valence-corrected chi connectivity index (χ2v) is 10.8. The standard InChI is InChI=1S/C14H17ClN2O4S3/c1-4-9(2)16-12-13(17-14(22-12)23(3,18)19)24(20,21)11-7-5-10(15)6-8-11/h5-9,16H,4H2,1-3H3/t9-/m1/s1. The zero-order chi connectivity index (χ0) is 18.1. The Balaban J connectivity index is 2.62. The van der Waals surface area contributed by atoms with E-state index in [1.54, 1.807) is 0 Å². The first-order valence-corrected chi connectivity index (χ1v) is 11.6. The Morgan fingerprint density at radius 3 is 2.29 bits per heavy atom. The van der Waals surface area contributed by atoms with Crippen LogP contribution in [-0.2, 0) is 19.7 Å². The minimum atomic E-state index is -3.97. The van der Waals surface area contributed by atoms with Gasteiger partial charge in [0.1, 0.15) is 5.00 Å². The number of rotatable bonds is 6. The molecule has 0 aliphatic carbocycles. The molecule has 132 valence electrons. The molecule has 0 spiro atoms. The van der Waals surface area contributed by atoms with Crippen LogP contribution in [-0.4, -0.2) is 34.1 Å². The summed E-state index contributed by atoms with van der Waals surface area (Å²) in [4.78, 5) is 3.89. The van der Waals surface area contributed by atoms with Crippen molar-refractivity contribution < 1.29 is 16.8 Å². The Kier molecular flexibility index (Phi) is 5.58. The number of nitrogens with one attached hydrogen (secondary N) is 1. The topological polar surface area (TPSA) is 93.2 Å². The summed E-state index contributed by atoms with van der Waals surface area (Å²) in [7, 11) is -7.58. The molecule has 2 rings (SSSR count). The summed E-state index contributed by atoms with van der Waals surface area (Å²) < 4.78 is 49.0. The van der Waals surface area contributed by atoms with E-state index in [9.17, 15) is 16.8 Å². The summed E-state index contributed by atoms with van der Waals surface area (Å²) in [5.41, 5.74) is 0. The van der Waals surface area contributed by atoms with E-state index in [0.717, 1.165) is 24.0 Å². The summed E-state index contributed by atoms with van der Waals surface area (Å²) in [5, 5.41) is 3.37. The van der Waals surface area contributed by atoms with E-state index in [2.05, 4.69) is 10.3 Å². The minimum Gasteiger partial charge on any atom is -0.372 e. The van der Waals surface area contributed by atoms with Crippen LogP contribution in [0.2, 0.25) is 5.02 Å². The third-order valence-electron chi connectivity index (χ3n) is 3.26. The van der Waals surface area contributed by atoms with Gasteiger partial charge in [0.15, 0.2) is 5.03 Å². The van der Waals surface area contributed by atoms with E-state index >= 15 is 0 Å². The average molecular weight is 409 g/mol. The van der Waals surface area contributed by atoms with E-state index in [1.807, 2.05) is 13.8 Å². The zero-order valence-corrected chi connectivity index (χ0v) is 16.5. The molecule has 1 aromatic carbocycles. The third kappa shape index (κ3) is 4.08. The Morgan fingerprint density at radius 2 is 1.79 bits per heavy atom. The molecule has 1 aromatic heterocycles. The van der Waals surface area contributed by atoms with Crippen molar-refractivity contribution in [3.8, 4) is 0 Å². The van der Waals surface area contributed by atoms with Crippen molar-refractivity contribution in [2.75, 3.05) is 11.6 Å². The lowest BCUT2D eigenvalue weighted by Crippen LogP contribution is -2.15. The predicted octanol–water partition coefficient (Wildman–Crippen LogP) is 3.24. The van der Waals surface area contributed by atoms with Crippen LogP contribution >= 0.6 is 22.9 Å². The monoisotopic (exact) mass is 408 g/mol. The molecule has 0 aliphatic heterocycles. The number of halogens is 1. The van der Waals surface area contributed by atoms with Crippen LogP contribution in [0.3, 0.4) is 0 Å². The average Bonchev–Trinajstić information content (AvgIpc) is 2.92. The quantitative estimate of drug-likeness (QED) is 0.788. The fourth-order valence-electron chi connectivity index (χ4n) is 1.77. The first-order chi connectivity index (χ1) is 11.1. The summed E-state index contributed by atoms with van der Waals surface area (Å²) in [6.45, 7) is 3.81. The van der Waals surface area contributed by atoms with Gasteiger partial charge in [0.05, 0.1) is 4.90 Å². The van der Waals surface area contributed by atoms with Gasteiger partial charge in [-0.3, -0.25) is 0 Å². The number of sulfone groups is 2. The maximum absolute atomic E-state index is 12.8. The van der Waals surface area contributed by atoms with Crippen molar-refractivity contribution in [3.05, 3.63) is 29.3 Å². The summed E-state index contributed by atoms with van der Waals surface area (Å²) in [5.74, 6) is 0. The molecule has 0 saturated carbocycles. The van der Waals surface area contributed by atoms with Crippen LogP contribution in [0.25, 0.3) is 0 Å². The highest BCUT2D eigenvalue weighted by Crippen LogP contribution is 2.35. The lowest BCUT2D eigenvalue weighted by atomic mass is 10.3. The third-order valence-corrected chi connectivity index (χ3v) is 8.01. The number of aromatic nitrogens is 1. The first kappa shape index (κ1) is 19.2. The number of thiazole rings is 1. The number of benzene rings is 1. The molecule has 0 amide bonds. The summed E-state index contributed by atoms with van der Waals surface area (Å²) in [6, 6.07) is 5.62. The number of hydrogen-bond acceptors (Lipinski definition) is 7. The maximum Gasteiger partial charge on any atom is 0.226 e. The molecule has 0 saturated heterocycles. The maximum atomic E-state index is 12.8. The Bertz CT molecular complexity index is 935. The highest BCUT2D eigenvalue weighted by molar-refractivity contribution is 7.93. The summed E-state index contributed by atoms with van der Waals surface area (Å²) in [6.07, 6.45) is 1.74. The van der Waals surface area contributed by atoms with Gasteiger partial charge < -0.3 is 5.32 Å². The Labute approximate surface area is 150 Å². The van der Waals surface area contributed by atoms with Gasteiger partial charge in [-0.1, -0.05) is 29.9 Å². The molecule has 10 heteroatoms. The van der Waals surface area contributed by atoms with Crippen LogP contribution in [0.15, 0.2) is 38.5 Å². The summed E-state index contributed by atoms with van der Waals surface area (Å²) >= 11 is 6.61. The van der Waals surface area contributed by atoms with Crippen LogP contribution in [0.5, 0.6) is 0 Å². The largest absolute Gasteiger partial charge is 0.372 e. The second-order valence-electron chi connectivity index (χ2n) is 5.30. The molecular weight excluding hydrogens is 392 g/mol. The predicted molar refractivity (Wildman–Crippen MR) is 95.5 cm³/mol. The first-order valence-electron chi connectivity index (χ1n) is 7.03. The lowest BCUT2D eigenvalue weighted by molar-refractivity contribution is 0.591. The van der Waals surface area contributed by atoms with Gasteiger partial charge in [-0.25, -0.2) is 21.8 Å². The molecule has 0 fully saturated rings. The van der Waals surface area contributed by atoms with Gasteiger partial charge in [0.2, 0.25) is 24.0 Å². The molecule has 1 atom stereocenters. The Hall–Kier alpha value is -1.16. The van der Waals surface area contributed by atoms with Gasteiger partial charge >= 0.3 is 0 Å². The van der Waals surface area contributed by atoms with E-state index in [1.165, 1.54) is 24.3 Å². The van der Waals surface area contributed by atoms with Gasteiger partial charge in [-0.15, -0.1) is 0 Å². The number of anilines is 1. The molecule has 1 N–H and O–H groups in total. The molecule has 24 heavy (non-hydrogen) atoms. The SMILES string of the molecule is CC[C@@H](C)Nc1sc(S(C)(=O)=O)nc1S(=O)(=O)c1ccc(Cl)cc1. The van der Waals surface area contributed by atoms with Crippen LogP contribution < -0.4 is 5.32 Å². The molecule has 0 radical (unpaired) electrons. The van der Waals surface area contributed by atoms with E-state index in [-0.39, 0.29) is 25.3 Å². The van der Waals surface area contributed by atoms with Crippen molar-refractivity contribution in [1.29, 1.82) is 0 Å². The highest BCUT2D eigenvalue weighted by Gasteiger charge is 2.29. The van der Waals surface area contributed by atoms with Crippen molar-refractivity contribution in [2.24, 2.45) is 0 Å². The molecular formula is C14H17ClN2O4S3. The zero-order valence-electron chi connectivity index (χ0n) is 13.3. The number of nitrogens with zero attached hydrogens (tertiary/aromatic N) is 1. The van der Waals surface area contributed by atoms with Crippen molar-refractivity contribution >= 4 is 47.6 Å². The molecule has 1 heterocycles. The minimum absolute atomic E-state index is 0.00412. The van der Waals surface area contributed by atoms with E-state index in [0.29, 0.717) is 5.02 Å². The molecule has 0 unspecified atom stereocenters. The van der Waals surface area contributed by atoms with Gasteiger partial charge in [-0.2, -0.15) is 0 Å². The van der Waals surface area contributed by atoms with Gasteiger partial charge in [0, 0.05) is 17.3 Å². The number of hydrogen-bond donors (Lipinski definition) is 1. The fraction of sp³-hybridized carbons (Fsp3) is 0.357. The normalized spacial score (nSPS) is 13.7. The van der Waals surface area contributed by atoms with E-state index in [4.69, 9.17) is 11.6 Å². The van der Waals surface area contributed by atoms with E-state index < -0.39 is 19.7 Å².